The van der Waals surface area contributed by atoms with Crippen molar-refractivity contribution in [3.63, 3.8) is 0 Å². The van der Waals surface area contributed by atoms with Crippen LogP contribution in [-0.4, -0.2) is 0 Å². The highest BCUT2D eigenvalue weighted by molar-refractivity contribution is 5.14. The highest BCUT2D eigenvalue weighted by Crippen LogP contribution is 2.26. The molecule has 1 aliphatic rings. The molecule has 0 aromatic rings. The van der Waals surface area contributed by atoms with Crippen LogP contribution < -0.4 is 0 Å². The van der Waals surface area contributed by atoms with Crippen molar-refractivity contribution >= 4 is 0 Å². The Morgan fingerprint density at radius 1 is 1.70 bits per heavy atom. The average Bonchev–Trinajstić information content (AvgIpc) is 1.88. The van der Waals surface area contributed by atoms with Crippen molar-refractivity contribution in [2.24, 2.45) is 5.92 Å². The van der Waals surface area contributed by atoms with Crippen molar-refractivity contribution in [2.75, 3.05) is 0 Å². The van der Waals surface area contributed by atoms with Gasteiger partial charge in [-0.1, -0.05) is 23.8 Å². The standard InChI is InChI=1S/C10H16/c1-8(2)10-6-4-5-9(3)7-10/h7,10H,1,4-6H2,2-3H3/t10-/m0/s1. The van der Waals surface area contributed by atoms with Crippen LogP contribution in [0.1, 0.15) is 33.1 Å². The summed E-state index contributed by atoms with van der Waals surface area (Å²) in [6, 6.07) is 0. The van der Waals surface area contributed by atoms with Gasteiger partial charge in [0.1, 0.15) is 0 Å². The molecule has 0 aliphatic heterocycles. The van der Waals surface area contributed by atoms with Crippen LogP contribution in [0.5, 0.6) is 0 Å². The highest BCUT2D eigenvalue weighted by Gasteiger charge is 2.10. The molecule has 0 aromatic carbocycles. The molecule has 0 nitrogen and oxygen atoms in total. The first-order chi connectivity index (χ1) is 4.70. The summed E-state index contributed by atoms with van der Waals surface area (Å²) in [7, 11) is 0. The van der Waals surface area contributed by atoms with Gasteiger partial charge in [-0.3, -0.25) is 0 Å². The van der Waals surface area contributed by atoms with E-state index in [0.717, 1.165) is 0 Å². The lowest BCUT2D eigenvalue weighted by atomic mass is 9.87. The zero-order chi connectivity index (χ0) is 7.56. The Kier molecular flexibility index (Phi) is 2.31. The van der Waals surface area contributed by atoms with Crippen LogP contribution in [0.3, 0.4) is 0 Å². The van der Waals surface area contributed by atoms with Crippen LogP contribution in [-0.2, 0) is 0 Å². The number of allylic oxidation sites excluding steroid dienone is 3. The summed E-state index contributed by atoms with van der Waals surface area (Å²) in [6.45, 7) is 8.31. The Bertz CT molecular complexity index is 163. The van der Waals surface area contributed by atoms with E-state index in [4.69, 9.17) is 0 Å². The summed E-state index contributed by atoms with van der Waals surface area (Å²) in [4.78, 5) is 0. The van der Waals surface area contributed by atoms with Crippen LogP contribution in [0, 0.1) is 5.92 Å². The van der Waals surface area contributed by atoms with Crippen molar-refractivity contribution in [3.05, 3.63) is 23.8 Å². The maximum atomic E-state index is 3.97. The van der Waals surface area contributed by atoms with Gasteiger partial charge in [-0.2, -0.15) is 0 Å². The molecule has 1 atom stereocenters. The van der Waals surface area contributed by atoms with Crippen LogP contribution in [0.2, 0.25) is 0 Å². The van der Waals surface area contributed by atoms with Gasteiger partial charge in [0.05, 0.1) is 0 Å². The Hall–Kier alpha value is -0.520. The summed E-state index contributed by atoms with van der Waals surface area (Å²) in [5.74, 6) is 0.675. The van der Waals surface area contributed by atoms with Crippen LogP contribution in [0.4, 0.5) is 0 Å². The fourth-order valence-corrected chi connectivity index (χ4v) is 1.50. The molecular weight excluding hydrogens is 120 g/mol. The van der Waals surface area contributed by atoms with E-state index >= 15 is 0 Å². The topological polar surface area (TPSA) is 0 Å². The van der Waals surface area contributed by atoms with E-state index in [-0.39, 0.29) is 0 Å². The Morgan fingerprint density at radius 2 is 2.40 bits per heavy atom. The Balaban J connectivity index is 2.62. The Labute approximate surface area is 63.6 Å². The molecule has 1 rings (SSSR count). The molecule has 1 aliphatic carbocycles. The average molecular weight is 136 g/mol. The second-order valence-electron chi connectivity index (χ2n) is 3.36. The largest absolute Gasteiger partial charge is 0.0995 e. The molecule has 0 heterocycles. The molecule has 0 unspecified atom stereocenters. The van der Waals surface area contributed by atoms with Gasteiger partial charge in [0, 0.05) is 0 Å². The molecule has 0 spiro atoms. The number of hydrogen-bond donors (Lipinski definition) is 0. The molecule has 56 valence electrons. The molecule has 0 aromatic heterocycles. The van der Waals surface area contributed by atoms with Crippen molar-refractivity contribution < 1.29 is 0 Å². The summed E-state index contributed by atoms with van der Waals surface area (Å²) in [5.41, 5.74) is 2.86. The van der Waals surface area contributed by atoms with Crippen LogP contribution in [0.15, 0.2) is 23.8 Å². The van der Waals surface area contributed by atoms with E-state index in [1.807, 2.05) is 0 Å². The molecule has 0 amide bonds. The van der Waals surface area contributed by atoms with Crippen molar-refractivity contribution in [2.45, 2.75) is 33.1 Å². The van der Waals surface area contributed by atoms with Gasteiger partial charge in [0.15, 0.2) is 0 Å². The van der Waals surface area contributed by atoms with Gasteiger partial charge in [-0.15, -0.1) is 0 Å². The summed E-state index contributed by atoms with van der Waals surface area (Å²) >= 11 is 0. The second kappa shape index (κ2) is 3.05. The quantitative estimate of drug-likeness (QED) is 0.485. The monoisotopic (exact) mass is 136 g/mol. The van der Waals surface area contributed by atoms with Gasteiger partial charge >= 0.3 is 0 Å². The fourth-order valence-electron chi connectivity index (χ4n) is 1.50. The molecule has 0 fully saturated rings. The highest BCUT2D eigenvalue weighted by atomic mass is 14.2. The molecule has 0 saturated carbocycles. The SMILES string of the molecule is C=C(C)[C@@H]1C=C(C)CCC1. The first-order valence-electron chi connectivity index (χ1n) is 4.03. The minimum Gasteiger partial charge on any atom is -0.0995 e. The molecule has 0 bridgehead atoms. The number of hydrogen-bond acceptors (Lipinski definition) is 0. The first-order valence-corrected chi connectivity index (χ1v) is 4.03. The zero-order valence-electron chi connectivity index (χ0n) is 6.98. The smallest absolute Gasteiger partial charge is 0.00261 e. The van der Waals surface area contributed by atoms with Crippen molar-refractivity contribution in [3.8, 4) is 0 Å². The molecule has 0 saturated heterocycles. The van der Waals surface area contributed by atoms with Gasteiger partial charge in [0.25, 0.3) is 0 Å². The summed E-state index contributed by atoms with van der Waals surface area (Å²) in [6.07, 6.45) is 6.32. The van der Waals surface area contributed by atoms with E-state index in [9.17, 15) is 0 Å². The van der Waals surface area contributed by atoms with Crippen LogP contribution >= 0.6 is 0 Å². The van der Waals surface area contributed by atoms with E-state index in [0.29, 0.717) is 5.92 Å². The first kappa shape index (κ1) is 7.59. The maximum Gasteiger partial charge on any atom is -0.00261 e. The molecule has 0 radical (unpaired) electrons. The normalized spacial score (nSPS) is 25.8. The van der Waals surface area contributed by atoms with Gasteiger partial charge in [0.2, 0.25) is 0 Å². The maximum absolute atomic E-state index is 3.97. The molecule has 0 N–H and O–H groups in total. The lowest BCUT2D eigenvalue weighted by Gasteiger charge is -2.18. The third kappa shape index (κ3) is 1.73. The van der Waals surface area contributed by atoms with Gasteiger partial charge in [-0.25, -0.2) is 0 Å². The second-order valence-corrected chi connectivity index (χ2v) is 3.36. The molecular formula is C10H16. The van der Waals surface area contributed by atoms with Crippen LogP contribution in [0.25, 0.3) is 0 Å². The van der Waals surface area contributed by atoms with Crippen molar-refractivity contribution in [1.29, 1.82) is 0 Å². The minimum absolute atomic E-state index is 0.675. The zero-order valence-corrected chi connectivity index (χ0v) is 6.98. The third-order valence-electron chi connectivity index (χ3n) is 2.20. The van der Waals surface area contributed by atoms with E-state index in [1.54, 1.807) is 5.57 Å². The van der Waals surface area contributed by atoms with E-state index in [2.05, 4.69) is 26.5 Å². The van der Waals surface area contributed by atoms with E-state index < -0.39 is 0 Å². The fraction of sp³-hybridized carbons (Fsp3) is 0.600. The lowest BCUT2D eigenvalue weighted by molar-refractivity contribution is 0.589. The predicted molar refractivity (Wildman–Crippen MR) is 45.9 cm³/mol. The predicted octanol–water partition coefficient (Wildman–Crippen LogP) is 3.31. The minimum atomic E-state index is 0.675. The summed E-state index contributed by atoms with van der Waals surface area (Å²) < 4.78 is 0. The molecule has 0 heteroatoms. The van der Waals surface area contributed by atoms with Crippen molar-refractivity contribution in [1.82, 2.24) is 0 Å². The van der Waals surface area contributed by atoms with Gasteiger partial charge in [-0.05, 0) is 39.0 Å². The van der Waals surface area contributed by atoms with Gasteiger partial charge < -0.3 is 0 Å². The lowest BCUT2D eigenvalue weighted by Crippen LogP contribution is -2.03. The Morgan fingerprint density at radius 3 is 2.80 bits per heavy atom. The molecule has 10 heavy (non-hydrogen) atoms. The third-order valence-corrected chi connectivity index (χ3v) is 2.20. The number of rotatable bonds is 1. The van der Waals surface area contributed by atoms with E-state index in [1.165, 1.54) is 24.8 Å². The summed E-state index contributed by atoms with van der Waals surface area (Å²) in [5, 5.41) is 0.